The lowest BCUT2D eigenvalue weighted by molar-refractivity contribution is 0.0951. The Hall–Kier alpha value is -2.54. The molecule has 1 amide bonds. The maximum Gasteiger partial charge on any atom is 0.251 e. The summed E-state index contributed by atoms with van der Waals surface area (Å²) < 4.78 is 29.7. The van der Waals surface area contributed by atoms with Crippen LogP contribution in [0.3, 0.4) is 0 Å². The Kier molecular flexibility index (Phi) is 6.03. The smallest absolute Gasteiger partial charge is 0.251 e. The standard InChI is InChI=1S/C18H22N2O4S/c1-4-24-17-10-8-14(9-11-17)13-19-18(21)15-6-5-7-16(12-15)20(2)25(3,22)23/h5-12H,4,13H2,1-3H3,(H,19,21). The highest BCUT2D eigenvalue weighted by molar-refractivity contribution is 7.92. The van der Waals surface area contributed by atoms with Crippen LogP contribution >= 0.6 is 0 Å². The van der Waals surface area contributed by atoms with Crippen molar-refractivity contribution in [3.05, 3.63) is 59.7 Å². The van der Waals surface area contributed by atoms with Gasteiger partial charge in [-0.15, -0.1) is 0 Å². The summed E-state index contributed by atoms with van der Waals surface area (Å²) in [5.74, 6) is 0.520. The molecule has 0 aromatic heterocycles. The van der Waals surface area contributed by atoms with Gasteiger partial charge >= 0.3 is 0 Å². The number of nitrogens with one attached hydrogen (secondary N) is 1. The molecule has 0 aliphatic carbocycles. The van der Waals surface area contributed by atoms with E-state index >= 15 is 0 Å². The Morgan fingerprint density at radius 3 is 2.44 bits per heavy atom. The van der Waals surface area contributed by atoms with E-state index in [2.05, 4.69) is 5.32 Å². The highest BCUT2D eigenvalue weighted by Crippen LogP contribution is 2.17. The fourth-order valence-electron chi connectivity index (χ4n) is 2.19. The van der Waals surface area contributed by atoms with Crippen molar-refractivity contribution in [2.24, 2.45) is 0 Å². The molecule has 0 unspecified atom stereocenters. The van der Waals surface area contributed by atoms with Gasteiger partial charge in [0.2, 0.25) is 10.0 Å². The zero-order valence-corrected chi connectivity index (χ0v) is 15.3. The Morgan fingerprint density at radius 1 is 1.16 bits per heavy atom. The molecule has 2 aromatic carbocycles. The van der Waals surface area contributed by atoms with Crippen molar-refractivity contribution >= 4 is 21.6 Å². The molecule has 6 nitrogen and oxygen atoms in total. The lowest BCUT2D eigenvalue weighted by Crippen LogP contribution is -2.26. The molecular weight excluding hydrogens is 340 g/mol. The molecule has 25 heavy (non-hydrogen) atoms. The van der Waals surface area contributed by atoms with Crippen molar-refractivity contribution in [3.8, 4) is 5.75 Å². The van der Waals surface area contributed by atoms with Gasteiger partial charge in [0.15, 0.2) is 0 Å². The summed E-state index contributed by atoms with van der Waals surface area (Å²) in [6.45, 7) is 2.90. The predicted octanol–water partition coefficient (Wildman–Crippen LogP) is 2.41. The van der Waals surface area contributed by atoms with E-state index in [0.29, 0.717) is 24.4 Å². The molecule has 0 saturated carbocycles. The van der Waals surface area contributed by atoms with E-state index in [-0.39, 0.29) is 5.91 Å². The summed E-state index contributed by atoms with van der Waals surface area (Å²) in [4.78, 5) is 12.3. The van der Waals surface area contributed by atoms with Crippen molar-refractivity contribution in [1.29, 1.82) is 0 Å². The first-order valence-electron chi connectivity index (χ1n) is 7.85. The minimum atomic E-state index is -3.37. The van der Waals surface area contributed by atoms with Crippen LogP contribution < -0.4 is 14.4 Å². The van der Waals surface area contributed by atoms with Crippen molar-refractivity contribution in [2.45, 2.75) is 13.5 Å². The number of rotatable bonds is 7. The zero-order valence-electron chi connectivity index (χ0n) is 14.5. The average molecular weight is 362 g/mol. The maximum absolute atomic E-state index is 12.3. The molecule has 0 atom stereocenters. The number of hydrogen-bond acceptors (Lipinski definition) is 4. The number of benzene rings is 2. The molecule has 2 aromatic rings. The van der Waals surface area contributed by atoms with E-state index < -0.39 is 10.0 Å². The number of carbonyl (C=O) groups is 1. The third-order valence-corrected chi connectivity index (χ3v) is 4.86. The zero-order chi connectivity index (χ0) is 18.4. The lowest BCUT2D eigenvalue weighted by Gasteiger charge is -2.17. The molecule has 2 rings (SSSR count). The first kappa shape index (κ1) is 18.8. The topological polar surface area (TPSA) is 75.7 Å². The molecule has 0 radical (unpaired) electrons. The summed E-state index contributed by atoms with van der Waals surface area (Å²) >= 11 is 0. The van der Waals surface area contributed by atoms with Crippen LogP contribution in [0.2, 0.25) is 0 Å². The largest absolute Gasteiger partial charge is 0.494 e. The molecule has 1 N–H and O–H groups in total. The van der Waals surface area contributed by atoms with Crippen LogP contribution in [0, 0.1) is 0 Å². The molecule has 7 heteroatoms. The van der Waals surface area contributed by atoms with E-state index in [0.717, 1.165) is 21.9 Å². The first-order chi connectivity index (χ1) is 11.8. The summed E-state index contributed by atoms with van der Waals surface area (Å²) in [6, 6.07) is 14.0. The number of ether oxygens (including phenoxy) is 1. The Labute approximate surface area is 148 Å². The molecule has 0 aliphatic heterocycles. The summed E-state index contributed by atoms with van der Waals surface area (Å²) in [6.07, 6.45) is 1.12. The van der Waals surface area contributed by atoms with Crippen LogP contribution in [0.1, 0.15) is 22.8 Å². The minimum absolute atomic E-state index is 0.266. The molecule has 0 bridgehead atoms. The lowest BCUT2D eigenvalue weighted by atomic mass is 10.1. The van der Waals surface area contributed by atoms with Crippen molar-refractivity contribution in [1.82, 2.24) is 5.32 Å². The molecule has 0 spiro atoms. The Balaban J connectivity index is 2.03. The second kappa shape index (κ2) is 8.02. The van der Waals surface area contributed by atoms with Gasteiger partial charge in [-0.3, -0.25) is 9.10 Å². The van der Waals surface area contributed by atoms with Gasteiger partial charge < -0.3 is 10.1 Å². The average Bonchev–Trinajstić information content (AvgIpc) is 2.60. The second-order valence-electron chi connectivity index (χ2n) is 5.54. The van der Waals surface area contributed by atoms with E-state index in [1.54, 1.807) is 24.3 Å². The third kappa shape index (κ3) is 5.22. The molecule has 0 fully saturated rings. The quantitative estimate of drug-likeness (QED) is 0.821. The van der Waals surface area contributed by atoms with Gasteiger partial charge in [-0.05, 0) is 42.8 Å². The number of sulfonamides is 1. The molecule has 0 saturated heterocycles. The summed E-state index contributed by atoms with van der Waals surface area (Å²) in [5.41, 5.74) is 1.79. The van der Waals surface area contributed by atoms with Gasteiger partial charge in [-0.1, -0.05) is 18.2 Å². The molecular formula is C18H22N2O4S. The SMILES string of the molecule is CCOc1ccc(CNC(=O)c2cccc(N(C)S(C)(=O)=O)c2)cc1. The summed E-state index contributed by atoms with van der Waals surface area (Å²) in [7, 11) is -1.92. The fraction of sp³-hybridized carbons (Fsp3) is 0.278. The van der Waals surface area contributed by atoms with Gasteiger partial charge in [-0.2, -0.15) is 0 Å². The Bertz CT molecular complexity index is 832. The molecule has 134 valence electrons. The number of anilines is 1. The van der Waals surface area contributed by atoms with Gasteiger partial charge in [0, 0.05) is 19.2 Å². The van der Waals surface area contributed by atoms with Crippen LogP contribution in [-0.4, -0.2) is 34.2 Å². The van der Waals surface area contributed by atoms with Crippen LogP contribution in [0.4, 0.5) is 5.69 Å². The fourth-order valence-corrected chi connectivity index (χ4v) is 2.69. The highest BCUT2D eigenvalue weighted by atomic mass is 32.2. The van der Waals surface area contributed by atoms with Gasteiger partial charge in [-0.25, -0.2) is 8.42 Å². The first-order valence-corrected chi connectivity index (χ1v) is 9.70. The maximum atomic E-state index is 12.3. The van der Waals surface area contributed by atoms with Crippen molar-refractivity contribution in [2.75, 3.05) is 24.2 Å². The number of nitrogens with zero attached hydrogens (tertiary/aromatic N) is 1. The third-order valence-electron chi connectivity index (χ3n) is 3.66. The molecule has 0 aliphatic rings. The molecule has 0 heterocycles. The highest BCUT2D eigenvalue weighted by Gasteiger charge is 2.14. The minimum Gasteiger partial charge on any atom is -0.494 e. The van der Waals surface area contributed by atoms with E-state index in [4.69, 9.17) is 4.74 Å². The second-order valence-corrected chi connectivity index (χ2v) is 7.55. The van der Waals surface area contributed by atoms with E-state index in [1.165, 1.54) is 7.05 Å². The van der Waals surface area contributed by atoms with Gasteiger partial charge in [0.05, 0.1) is 18.6 Å². The van der Waals surface area contributed by atoms with Crippen LogP contribution in [0.5, 0.6) is 5.75 Å². The number of hydrogen-bond donors (Lipinski definition) is 1. The van der Waals surface area contributed by atoms with Crippen molar-refractivity contribution in [3.63, 3.8) is 0 Å². The normalized spacial score (nSPS) is 11.0. The van der Waals surface area contributed by atoms with Crippen LogP contribution in [-0.2, 0) is 16.6 Å². The Morgan fingerprint density at radius 2 is 1.84 bits per heavy atom. The summed E-state index contributed by atoms with van der Waals surface area (Å²) in [5, 5.41) is 2.82. The van der Waals surface area contributed by atoms with Crippen LogP contribution in [0.15, 0.2) is 48.5 Å². The van der Waals surface area contributed by atoms with Gasteiger partial charge in [0.25, 0.3) is 5.91 Å². The predicted molar refractivity (Wildman–Crippen MR) is 98.5 cm³/mol. The van der Waals surface area contributed by atoms with E-state index in [1.807, 2.05) is 31.2 Å². The number of amides is 1. The van der Waals surface area contributed by atoms with Crippen LogP contribution in [0.25, 0.3) is 0 Å². The monoisotopic (exact) mass is 362 g/mol. The van der Waals surface area contributed by atoms with E-state index in [9.17, 15) is 13.2 Å². The van der Waals surface area contributed by atoms with Gasteiger partial charge in [0.1, 0.15) is 5.75 Å². The van der Waals surface area contributed by atoms with Crippen molar-refractivity contribution < 1.29 is 17.9 Å². The number of carbonyl (C=O) groups excluding carboxylic acids is 1.